The summed E-state index contributed by atoms with van der Waals surface area (Å²) in [5, 5.41) is 10.5. The number of carbonyl (C=O) groups is 1. The molecule has 0 amide bonds. The van der Waals surface area contributed by atoms with E-state index in [-0.39, 0.29) is 22.2 Å². The molecule has 2 aromatic carbocycles. The maximum atomic E-state index is 12.8. The predicted octanol–water partition coefficient (Wildman–Crippen LogP) is 8.04. The number of halogens is 2. The minimum atomic E-state index is -1.07. The molecule has 2 aromatic rings. The van der Waals surface area contributed by atoms with E-state index in [0.29, 0.717) is 5.75 Å². The number of carboxylic acid groups (broad SMARTS) is 1. The van der Waals surface area contributed by atoms with Crippen LogP contribution in [0.3, 0.4) is 0 Å². The summed E-state index contributed by atoms with van der Waals surface area (Å²) >= 11 is 11.9. The summed E-state index contributed by atoms with van der Waals surface area (Å²) in [6.45, 7) is 7.85. The van der Waals surface area contributed by atoms with Crippen molar-refractivity contribution < 1.29 is 14.6 Å². The number of benzene rings is 2. The van der Waals surface area contributed by atoms with Gasteiger partial charge in [-0.25, -0.2) is 0 Å². The first-order valence-corrected chi connectivity index (χ1v) is 11.1. The Bertz CT molecular complexity index is 860. The molecule has 0 aliphatic rings. The number of hydrogen-bond donors (Lipinski definition) is 1. The van der Waals surface area contributed by atoms with Crippen molar-refractivity contribution in [3.05, 3.63) is 70.7 Å². The molecular formula is C25H30Cl2O3. The summed E-state index contributed by atoms with van der Waals surface area (Å²) < 4.78 is 6.09. The van der Waals surface area contributed by atoms with Crippen LogP contribution in [0.1, 0.15) is 52.0 Å². The molecule has 0 spiro atoms. The Balaban J connectivity index is 2.58. The van der Waals surface area contributed by atoms with Crippen LogP contribution in [0, 0.1) is 17.3 Å². The lowest BCUT2D eigenvalue weighted by Gasteiger charge is -2.44. The molecule has 5 heteroatoms. The molecule has 30 heavy (non-hydrogen) atoms. The lowest BCUT2D eigenvalue weighted by Crippen LogP contribution is -2.46. The van der Waals surface area contributed by atoms with Crippen molar-refractivity contribution in [3.8, 4) is 11.5 Å². The molecule has 0 fully saturated rings. The summed E-state index contributed by atoms with van der Waals surface area (Å²) in [7, 11) is 0. The Kier molecular flexibility index (Phi) is 8.81. The zero-order valence-corrected chi connectivity index (χ0v) is 19.5. The molecule has 3 nitrogen and oxygen atoms in total. The highest BCUT2D eigenvalue weighted by molar-refractivity contribution is 6.55. The van der Waals surface area contributed by atoms with E-state index in [4.69, 9.17) is 27.9 Å². The van der Waals surface area contributed by atoms with Crippen LogP contribution in [0.2, 0.25) is 0 Å². The maximum absolute atomic E-state index is 12.8. The first-order valence-electron chi connectivity index (χ1n) is 10.3. The minimum Gasteiger partial charge on any atom is -0.481 e. The number of aliphatic carboxylic acids is 1. The molecule has 0 bridgehead atoms. The fourth-order valence-corrected chi connectivity index (χ4v) is 4.93. The highest BCUT2D eigenvalue weighted by Crippen LogP contribution is 2.52. The van der Waals surface area contributed by atoms with E-state index in [1.165, 1.54) is 0 Å². The van der Waals surface area contributed by atoms with Gasteiger partial charge in [0.25, 0.3) is 0 Å². The van der Waals surface area contributed by atoms with Crippen LogP contribution in [0.4, 0.5) is 0 Å². The maximum Gasteiger partial charge on any atom is 0.311 e. The van der Waals surface area contributed by atoms with Gasteiger partial charge in [-0.1, -0.05) is 93.7 Å². The predicted molar refractivity (Wildman–Crippen MR) is 124 cm³/mol. The van der Waals surface area contributed by atoms with Crippen molar-refractivity contribution >= 4 is 29.2 Å². The second-order valence-electron chi connectivity index (χ2n) is 7.97. The Morgan fingerprint density at radius 3 is 2.23 bits per heavy atom. The highest BCUT2D eigenvalue weighted by Gasteiger charge is 2.52. The van der Waals surface area contributed by atoms with E-state index < -0.39 is 11.4 Å². The van der Waals surface area contributed by atoms with Crippen LogP contribution in [0.25, 0.3) is 0 Å². The second kappa shape index (κ2) is 10.9. The Morgan fingerprint density at radius 1 is 1.07 bits per heavy atom. The summed E-state index contributed by atoms with van der Waals surface area (Å²) in [6.07, 6.45) is 3.21. The third-order valence-electron chi connectivity index (χ3n) is 5.85. The van der Waals surface area contributed by atoms with E-state index in [9.17, 15) is 9.90 Å². The lowest BCUT2D eigenvalue weighted by atomic mass is 9.57. The zero-order valence-electron chi connectivity index (χ0n) is 17.9. The summed E-state index contributed by atoms with van der Waals surface area (Å²) in [5.74, 6) is -0.178. The van der Waals surface area contributed by atoms with Crippen molar-refractivity contribution in [1.82, 2.24) is 0 Å². The monoisotopic (exact) mass is 448 g/mol. The van der Waals surface area contributed by atoms with Gasteiger partial charge in [0.15, 0.2) is 0 Å². The second-order valence-corrected chi connectivity index (χ2v) is 8.97. The van der Waals surface area contributed by atoms with E-state index in [0.717, 1.165) is 24.2 Å². The topological polar surface area (TPSA) is 46.5 Å². The van der Waals surface area contributed by atoms with Gasteiger partial charge in [-0.15, -0.1) is 0 Å². The fraction of sp³-hybridized carbons (Fsp3) is 0.400. The van der Waals surface area contributed by atoms with Crippen LogP contribution in [-0.2, 0) is 4.79 Å². The molecule has 3 atom stereocenters. The number of para-hydroxylation sites is 1. The van der Waals surface area contributed by atoms with E-state index in [1.54, 1.807) is 6.08 Å². The van der Waals surface area contributed by atoms with Crippen molar-refractivity contribution in [3.63, 3.8) is 0 Å². The first kappa shape index (κ1) is 24.3. The SMILES string of the molecule is CCCC(c1cccc(Oc2ccccc2)c1)C(C(=O)O)(C(C)C)C(C)C=C(Cl)Cl. The normalized spacial score (nSPS) is 15.2. The molecule has 2 rings (SSSR count). The van der Waals surface area contributed by atoms with E-state index in [2.05, 4.69) is 6.92 Å². The van der Waals surface area contributed by atoms with Gasteiger partial charge in [-0.3, -0.25) is 4.79 Å². The molecule has 3 unspecified atom stereocenters. The van der Waals surface area contributed by atoms with Crippen LogP contribution in [0.5, 0.6) is 11.5 Å². The van der Waals surface area contributed by atoms with Crippen LogP contribution >= 0.6 is 23.2 Å². The first-order chi connectivity index (χ1) is 14.2. The highest BCUT2D eigenvalue weighted by atomic mass is 35.5. The third-order valence-corrected chi connectivity index (χ3v) is 6.10. The lowest BCUT2D eigenvalue weighted by molar-refractivity contribution is -0.157. The van der Waals surface area contributed by atoms with Crippen molar-refractivity contribution in [1.29, 1.82) is 0 Å². The van der Waals surface area contributed by atoms with Gasteiger partial charge in [0, 0.05) is 5.92 Å². The Labute approximate surface area is 189 Å². The van der Waals surface area contributed by atoms with Crippen molar-refractivity contribution in [2.75, 3.05) is 0 Å². The molecule has 0 saturated heterocycles. The third kappa shape index (κ3) is 5.39. The van der Waals surface area contributed by atoms with Gasteiger partial charge in [-0.2, -0.15) is 0 Å². The summed E-state index contributed by atoms with van der Waals surface area (Å²) in [4.78, 5) is 12.8. The van der Waals surface area contributed by atoms with Crippen LogP contribution < -0.4 is 4.74 Å². The summed E-state index contributed by atoms with van der Waals surface area (Å²) in [5.41, 5.74) is -0.136. The van der Waals surface area contributed by atoms with Crippen LogP contribution in [-0.4, -0.2) is 11.1 Å². The van der Waals surface area contributed by atoms with Gasteiger partial charge < -0.3 is 9.84 Å². The average molecular weight is 449 g/mol. The van der Waals surface area contributed by atoms with Gasteiger partial charge in [0.05, 0.1) is 5.41 Å². The molecule has 0 aliphatic heterocycles. The largest absolute Gasteiger partial charge is 0.481 e. The fourth-order valence-electron chi connectivity index (χ4n) is 4.55. The minimum absolute atomic E-state index is 0.0881. The molecule has 0 aliphatic carbocycles. The molecule has 0 saturated carbocycles. The molecule has 0 heterocycles. The number of allylic oxidation sites excluding steroid dienone is 1. The number of carboxylic acids is 1. The molecule has 1 N–H and O–H groups in total. The molecule has 162 valence electrons. The zero-order chi connectivity index (χ0) is 22.3. The number of ether oxygens (including phenoxy) is 1. The Hall–Kier alpha value is -1.97. The standard InChI is InChI=1S/C25H30Cl2O3/c1-5-10-22(25(17(2)3,24(28)29)18(4)15-23(26)27)19-11-9-14-21(16-19)30-20-12-7-6-8-13-20/h6-9,11-18,22H,5,10H2,1-4H3,(H,28,29). The van der Waals surface area contributed by atoms with Gasteiger partial charge >= 0.3 is 5.97 Å². The molecule has 0 aromatic heterocycles. The van der Waals surface area contributed by atoms with E-state index in [1.807, 2.05) is 75.4 Å². The van der Waals surface area contributed by atoms with E-state index >= 15 is 0 Å². The van der Waals surface area contributed by atoms with Gasteiger partial charge in [0.2, 0.25) is 0 Å². The Morgan fingerprint density at radius 2 is 1.70 bits per heavy atom. The average Bonchev–Trinajstić information content (AvgIpc) is 2.67. The van der Waals surface area contributed by atoms with Crippen LogP contribution in [0.15, 0.2) is 65.2 Å². The number of rotatable bonds is 10. The van der Waals surface area contributed by atoms with Crippen molar-refractivity contribution in [2.45, 2.75) is 46.5 Å². The van der Waals surface area contributed by atoms with Crippen molar-refractivity contribution in [2.24, 2.45) is 17.3 Å². The molecule has 0 radical (unpaired) electrons. The smallest absolute Gasteiger partial charge is 0.311 e. The summed E-state index contributed by atoms with van der Waals surface area (Å²) in [6, 6.07) is 17.3. The molecular weight excluding hydrogens is 419 g/mol. The van der Waals surface area contributed by atoms with Gasteiger partial charge in [0.1, 0.15) is 16.0 Å². The quantitative estimate of drug-likeness (QED) is 0.399. The number of hydrogen-bond acceptors (Lipinski definition) is 2. The van der Waals surface area contributed by atoms with Gasteiger partial charge in [-0.05, 0) is 48.1 Å².